The van der Waals surface area contributed by atoms with Crippen LogP contribution in [0.25, 0.3) is 0 Å². The van der Waals surface area contributed by atoms with Crippen molar-refractivity contribution in [2.45, 2.75) is 0 Å². The van der Waals surface area contributed by atoms with E-state index in [1.807, 2.05) is 0 Å². The molecule has 0 amide bonds. The van der Waals surface area contributed by atoms with Gasteiger partial charge >= 0.3 is 0 Å². The number of methoxy groups -OCH3 is 1. The maximum atomic E-state index is 11.1. The Morgan fingerprint density at radius 3 is 3.00 bits per heavy atom. The van der Waals surface area contributed by atoms with Crippen LogP contribution in [0.5, 0.6) is 5.75 Å². The van der Waals surface area contributed by atoms with Crippen molar-refractivity contribution in [1.29, 1.82) is 0 Å². The van der Waals surface area contributed by atoms with Crippen molar-refractivity contribution in [3.8, 4) is 5.75 Å². The molecular formula is C8H8ClNO3. The summed E-state index contributed by atoms with van der Waals surface area (Å²) in [4.78, 5) is 14.8. The summed E-state index contributed by atoms with van der Waals surface area (Å²) in [5.41, 5.74) is 0.231. The predicted molar refractivity (Wildman–Crippen MR) is 47.2 cm³/mol. The van der Waals surface area contributed by atoms with Crippen LogP contribution in [-0.4, -0.2) is 29.6 Å². The van der Waals surface area contributed by atoms with Gasteiger partial charge in [0.05, 0.1) is 12.7 Å². The van der Waals surface area contributed by atoms with Gasteiger partial charge in [-0.3, -0.25) is 4.79 Å². The van der Waals surface area contributed by atoms with Crippen molar-refractivity contribution in [2.75, 3.05) is 13.7 Å². The van der Waals surface area contributed by atoms with E-state index in [1.165, 1.54) is 19.4 Å². The Labute approximate surface area is 80.1 Å². The summed E-state index contributed by atoms with van der Waals surface area (Å²) in [6.45, 7) is -0.570. The van der Waals surface area contributed by atoms with E-state index in [4.69, 9.17) is 21.4 Å². The molecule has 13 heavy (non-hydrogen) atoms. The molecule has 0 unspecified atom stereocenters. The quantitative estimate of drug-likeness (QED) is 0.584. The fourth-order valence-electron chi connectivity index (χ4n) is 0.876. The number of Topliss-reactive ketones (excluding diaryl/α,β-unsaturated/α-hetero) is 1. The Kier molecular flexibility index (Phi) is 3.22. The van der Waals surface area contributed by atoms with Crippen LogP contribution in [0.4, 0.5) is 0 Å². The number of pyridine rings is 1. The average Bonchev–Trinajstić information content (AvgIpc) is 2.16. The lowest BCUT2D eigenvalue weighted by Crippen LogP contribution is -2.07. The number of carbonyl (C=O) groups excluding carboxylic acids is 1. The minimum atomic E-state index is -0.570. The lowest BCUT2D eigenvalue weighted by atomic mass is 10.2. The van der Waals surface area contributed by atoms with E-state index >= 15 is 0 Å². The Bertz CT molecular complexity index is 327. The van der Waals surface area contributed by atoms with Crippen molar-refractivity contribution in [3.05, 3.63) is 23.0 Å². The molecule has 4 nitrogen and oxygen atoms in total. The molecular weight excluding hydrogens is 194 g/mol. The first-order valence-electron chi connectivity index (χ1n) is 3.52. The van der Waals surface area contributed by atoms with Gasteiger partial charge in [-0.2, -0.15) is 0 Å². The molecule has 0 aliphatic rings. The van der Waals surface area contributed by atoms with E-state index in [9.17, 15) is 4.79 Å². The largest absolute Gasteiger partial charge is 0.496 e. The molecule has 1 rings (SSSR count). The van der Waals surface area contributed by atoms with Gasteiger partial charge in [0, 0.05) is 12.3 Å². The normalized spacial score (nSPS) is 9.77. The smallest absolute Gasteiger partial charge is 0.193 e. The maximum Gasteiger partial charge on any atom is 0.193 e. The first-order valence-corrected chi connectivity index (χ1v) is 3.90. The molecule has 70 valence electrons. The third-order valence-electron chi connectivity index (χ3n) is 1.50. The van der Waals surface area contributed by atoms with E-state index in [0.717, 1.165) is 0 Å². The third kappa shape index (κ3) is 2.17. The van der Waals surface area contributed by atoms with Crippen LogP contribution in [-0.2, 0) is 0 Å². The molecule has 0 spiro atoms. The van der Waals surface area contributed by atoms with Crippen LogP contribution in [0.15, 0.2) is 12.3 Å². The topological polar surface area (TPSA) is 59.4 Å². The number of hydrogen-bond acceptors (Lipinski definition) is 4. The third-order valence-corrected chi connectivity index (χ3v) is 1.70. The molecule has 0 atom stereocenters. The highest BCUT2D eigenvalue weighted by Crippen LogP contribution is 2.20. The highest BCUT2D eigenvalue weighted by molar-refractivity contribution is 6.29. The Balaban J connectivity index is 3.13. The van der Waals surface area contributed by atoms with Crippen LogP contribution in [0.2, 0.25) is 5.15 Å². The monoisotopic (exact) mass is 201 g/mol. The predicted octanol–water partition coefficient (Wildman–Crippen LogP) is 0.919. The highest BCUT2D eigenvalue weighted by atomic mass is 35.5. The van der Waals surface area contributed by atoms with Gasteiger partial charge in [0.15, 0.2) is 5.78 Å². The van der Waals surface area contributed by atoms with E-state index in [0.29, 0.717) is 5.75 Å². The number of ether oxygens (including phenoxy) is 1. The van der Waals surface area contributed by atoms with E-state index in [2.05, 4.69) is 4.98 Å². The second kappa shape index (κ2) is 4.20. The molecule has 0 aromatic carbocycles. The van der Waals surface area contributed by atoms with Gasteiger partial charge in [-0.25, -0.2) is 4.98 Å². The van der Waals surface area contributed by atoms with Crippen LogP contribution in [0, 0.1) is 0 Å². The number of carbonyl (C=O) groups is 1. The second-order valence-corrected chi connectivity index (χ2v) is 2.68. The molecule has 0 saturated heterocycles. The molecule has 1 aromatic rings. The summed E-state index contributed by atoms with van der Waals surface area (Å²) in [7, 11) is 1.42. The fourth-order valence-corrected chi connectivity index (χ4v) is 1.02. The summed E-state index contributed by atoms with van der Waals surface area (Å²) in [5, 5.41) is 8.85. The summed E-state index contributed by atoms with van der Waals surface area (Å²) < 4.78 is 4.89. The number of ketones is 1. The number of aliphatic hydroxyl groups is 1. The number of rotatable bonds is 3. The average molecular weight is 202 g/mol. The summed E-state index contributed by atoms with van der Waals surface area (Å²) in [6.07, 6.45) is 1.28. The van der Waals surface area contributed by atoms with Crippen molar-refractivity contribution < 1.29 is 14.6 Å². The number of aromatic nitrogens is 1. The number of hydrogen-bond donors (Lipinski definition) is 1. The lowest BCUT2D eigenvalue weighted by Gasteiger charge is -2.05. The Hall–Kier alpha value is -1.13. The molecule has 1 heterocycles. The molecule has 0 aliphatic carbocycles. The molecule has 0 bridgehead atoms. The summed E-state index contributed by atoms with van der Waals surface area (Å²) in [5.74, 6) is -0.125. The van der Waals surface area contributed by atoms with E-state index in [-0.39, 0.29) is 10.7 Å². The molecule has 5 heteroatoms. The zero-order valence-electron chi connectivity index (χ0n) is 6.95. The molecule has 1 N–H and O–H groups in total. The van der Waals surface area contributed by atoms with E-state index in [1.54, 1.807) is 0 Å². The van der Waals surface area contributed by atoms with Crippen molar-refractivity contribution in [1.82, 2.24) is 4.98 Å². The number of aliphatic hydroxyl groups excluding tert-OH is 1. The number of nitrogens with zero attached hydrogens (tertiary/aromatic N) is 1. The maximum absolute atomic E-state index is 11.1. The molecule has 0 radical (unpaired) electrons. The second-order valence-electron chi connectivity index (χ2n) is 2.29. The fraction of sp³-hybridized carbons (Fsp3) is 0.250. The zero-order chi connectivity index (χ0) is 9.84. The molecule has 0 fully saturated rings. The lowest BCUT2D eigenvalue weighted by molar-refractivity contribution is 0.0900. The van der Waals surface area contributed by atoms with Gasteiger partial charge in [0.1, 0.15) is 17.5 Å². The van der Waals surface area contributed by atoms with Crippen LogP contribution in [0.1, 0.15) is 10.4 Å². The van der Waals surface area contributed by atoms with Gasteiger partial charge in [-0.15, -0.1) is 0 Å². The van der Waals surface area contributed by atoms with Gasteiger partial charge in [-0.1, -0.05) is 11.6 Å². The van der Waals surface area contributed by atoms with Crippen molar-refractivity contribution in [3.63, 3.8) is 0 Å². The zero-order valence-corrected chi connectivity index (χ0v) is 7.71. The summed E-state index contributed by atoms with van der Waals surface area (Å²) in [6, 6.07) is 1.42. The van der Waals surface area contributed by atoms with Crippen molar-refractivity contribution in [2.24, 2.45) is 0 Å². The molecule has 0 aliphatic heterocycles. The Morgan fingerprint density at radius 2 is 2.46 bits per heavy atom. The molecule has 1 aromatic heterocycles. The SMILES string of the molecule is COc1cc(Cl)ncc1C(=O)CO. The van der Waals surface area contributed by atoms with Crippen molar-refractivity contribution >= 4 is 17.4 Å². The van der Waals surface area contributed by atoms with Crippen LogP contribution in [0.3, 0.4) is 0 Å². The first kappa shape index (κ1) is 9.95. The van der Waals surface area contributed by atoms with Gasteiger partial charge in [0.25, 0.3) is 0 Å². The van der Waals surface area contributed by atoms with Crippen LogP contribution < -0.4 is 4.74 Å². The highest BCUT2D eigenvalue weighted by Gasteiger charge is 2.11. The Morgan fingerprint density at radius 1 is 1.77 bits per heavy atom. The first-order chi connectivity index (χ1) is 6.19. The van der Waals surface area contributed by atoms with Crippen LogP contribution >= 0.6 is 11.6 Å². The van der Waals surface area contributed by atoms with Gasteiger partial charge in [-0.05, 0) is 0 Å². The summed E-state index contributed by atoms with van der Waals surface area (Å²) >= 11 is 5.58. The minimum Gasteiger partial charge on any atom is -0.496 e. The van der Waals surface area contributed by atoms with Gasteiger partial charge in [0.2, 0.25) is 0 Å². The molecule has 0 saturated carbocycles. The standard InChI is InChI=1S/C8H8ClNO3/c1-13-7-2-8(9)10-3-5(7)6(12)4-11/h2-3,11H,4H2,1H3. The number of halogens is 1. The van der Waals surface area contributed by atoms with Gasteiger partial charge < -0.3 is 9.84 Å². The minimum absolute atomic E-state index is 0.231. The van der Waals surface area contributed by atoms with E-state index < -0.39 is 12.4 Å².